The summed E-state index contributed by atoms with van der Waals surface area (Å²) in [5, 5.41) is 18.9. The van der Waals surface area contributed by atoms with Gasteiger partial charge in [0.05, 0.1) is 6.61 Å². The Labute approximate surface area is 198 Å². The number of pyridine rings is 3. The molecule has 0 radical (unpaired) electrons. The van der Waals surface area contributed by atoms with Crippen molar-refractivity contribution in [1.29, 1.82) is 0 Å². The summed E-state index contributed by atoms with van der Waals surface area (Å²) in [7, 11) is 0. The molecule has 4 aromatic rings. The number of carbonyl (C=O) groups is 1. The van der Waals surface area contributed by atoms with Gasteiger partial charge in [-0.2, -0.15) is 0 Å². The van der Waals surface area contributed by atoms with Crippen molar-refractivity contribution in [2.45, 2.75) is 37.7 Å². The van der Waals surface area contributed by atoms with E-state index in [1.54, 1.807) is 28.9 Å². The van der Waals surface area contributed by atoms with Gasteiger partial charge in [0.15, 0.2) is 11.5 Å². The Hall–Kier alpha value is -3.57. The minimum absolute atomic E-state index is 0.0280. The van der Waals surface area contributed by atoms with Crippen molar-refractivity contribution >= 4 is 28.1 Å². The maximum absolute atomic E-state index is 13.7. The molecule has 11 heteroatoms. The number of rotatable bonds is 5. The number of carbonyl (C=O) groups excluding carboxylic acids is 1. The third-order valence-corrected chi connectivity index (χ3v) is 6.54. The fourth-order valence-corrected chi connectivity index (χ4v) is 4.43. The Bertz CT molecular complexity index is 1450. The molecule has 1 saturated heterocycles. The Kier molecular flexibility index (Phi) is 5.19. The van der Waals surface area contributed by atoms with Crippen molar-refractivity contribution in [3.8, 4) is 11.4 Å². The van der Waals surface area contributed by atoms with Crippen molar-refractivity contribution in [1.82, 2.24) is 24.6 Å². The number of aliphatic hydroxyl groups is 1. The fourth-order valence-electron chi connectivity index (χ4n) is 4.43. The van der Waals surface area contributed by atoms with Crippen molar-refractivity contribution in [2.75, 3.05) is 18.5 Å². The number of ether oxygens (including phenoxy) is 1. The van der Waals surface area contributed by atoms with Crippen LogP contribution in [0.2, 0.25) is 0 Å². The number of nitrogens with zero attached hydrogens (tertiary/aromatic N) is 5. The van der Waals surface area contributed by atoms with Crippen molar-refractivity contribution < 1.29 is 23.4 Å². The van der Waals surface area contributed by atoms with Crippen molar-refractivity contribution in [3.63, 3.8) is 0 Å². The number of anilines is 1. The molecule has 2 N–H and O–H groups in total. The first-order chi connectivity index (χ1) is 16.9. The Morgan fingerprint density at radius 3 is 2.83 bits per heavy atom. The topological polar surface area (TPSA) is 115 Å². The van der Waals surface area contributed by atoms with Crippen LogP contribution in [0, 0.1) is 5.92 Å². The fraction of sp³-hybridized carbons (Fsp3) is 0.375. The summed E-state index contributed by atoms with van der Waals surface area (Å²) in [4.78, 5) is 24.9. The van der Waals surface area contributed by atoms with Gasteiger partial charge in [0.2, 0.25) is 5.91 Å². The first-order valence-corrected chi connectivity index (χ1v) is 11.5. The average Bonchev–Trinajstić information content (AvgIpc) is 3.62. The molecular formula is C24H22F2N6O3. The molecule has 9 nitrogen and oxygen atoms in total. The van der Waals surface area contributed by atoms with E-state index in [-0.39, 0.29) is 35.5 Å². The number of amides is 1. The van der Waals surface area contributed by atoms with Crippen LogP contribution in [0.5, 0.6) is 0 Å². The summed E-state index contributed by atoms with van der Waals surface area (Å²) in [5.74, 6) is 0.384. The summed E-state index contributed by atoms with van der Waals surface area (Å²) >= 11 is 0. The van der Waals surface area contributed by atoms with Crippen LogP contribution in [0.25, 0.3) is 27.8 Å². The van der Waals surface area contributed by atoms with Gasteiger partial charge >= 0.3 is 0 Å². The summed E-state index contributed by atoms with van der Waals surface area (Å²) < 4.78 is 34.3. The monoisotopic (exact) mass is 480 g/mol. The van der Waals surface area contributed by atoms with Crippen LogP contribution in [0.15, 0.2) is 36.8 Å². The molecule has 1 aliphatic heterocycles. The van der Waals surface area contributed by atoms with Gasteiger partial charge in [-0.05, 0) is 37.8 Å². The smallest absolute Gasteiger partial charge is 0.281 e. The van der Waals surface area contributed by atoms with Crippen LogP contribution in [0.1, 0.15) is 43.4 Å². The van der Waals surface area contributed by atoms with E-state index in [1.807, 2.05) is 0 Å². The highest BCUT2D eigenvalue weighted by Gasteiger charge is 2.33. The molecular weight excluding hydrogens is 458 g/mol. The number of alkyl halides is 2. The lowest BCUT2D eigenvalue weighted by Crippen LogP contribution is -2.36. The first kappa shape index (κ1) is 21.9. The highest BCUT2D eigenvalue weighted by molar-refractivity contribution is 6.00. The summed E-state index contributed by atoms with van der Waals surface area (Å²) in [6.07, 6.45) is 4.50. The van der Waals surface area contributed by atoms with E-state index in [9.17, 15) is 18.7 Å². The van der Waals surface area contributed by atoms with Gasteiger partial charge in [0.1, 0.15) is 17.1 Å². The Morgan fingerprint density at radius 1 is 1.23 bits per heavy atom. The molecule has 180 valence electrons. The highest BCUT2D eigenvalue weighted by atomic mass is 19.3. The second kappa shape index (κ2) is 8.28. The van der Waals surface area contributed by atoms with Gasteiger partial charge in [-0.15, -0.1) is 5.10 Å². The van der Waals surface area contributed by atoms with Crippen LogP contribution in [0.4, 0.5) is 14.6 Å². The number of nitrogens with one attached hydrogen (secondary N) is 1. The van der Waals surface area contributed by atoms with Gasteiger partial charge in [-0.3, -0.25) is 9.78 Å². The van der Waals surface area contributed by atoms with Gasteiger partial charge < -0.3 is 15.2 Å². The minimum atomic E-state index is -2.80. The lowest BCUT2D eigenvalue weighted by Gasteiger charge is -2.32. The summed E-state index contributed by atoms with van der Waals surface area (Å²) in [5.41, 5.74) is 0.102. The SMILES string of the molecule is O=C(Nc1cc2c(-c3nc4ccc([C@]5(O)CCCOC5)cn4n3)cnc(C(F)F)c2cn1)C1CC1. The molecule has 1 amide bonds. The second-order valence-corrected chi connectivity index (χ2v) is 9.08. The zero-order valence-electron chi connectivity index (χ0n) is 18.6. The Morgan fingerprint density at radius 2 is 2.09 bits per heavy atom. The molecule has 5 heterocycles. The number of fused-ring (bicyclic) bond motifs is 2. The van der Waals surface area contributed by atoms with Crippen LogP contribution >= 0.6 is 0 Å². The van der Waals surface area contributed by atoms with E-state index in [0.717, 1.165) is 19.3 Å². The molecule has 35 heavy (non-hydrogen) atoms. The largest absolute Gasteiger partial charge is 0.383 e. The molecule has 0 aromatic carbocycles. The molecule has 6 rings (SSSR count). The van der Waals surface area contributed by atoms with Crippen LogP contribution in [0.3, 0.4) is 0 Å². The molecule has 4 aromatic heterocycles. The van der Waals surface area contributed by atoms with Crippen LogP contribution < -0.4 is 5.32 Å². The van der Waals surface area contributed by atoms with Crippen molar-refractivity contribution in [2.24, 2.45) is 5.92 Å². The molecule has 1 aliphatic carbocycles. The standard InChI is InChI=1S/C24H22F2N6O3/c25-21(26)20-16-9-27-18(29-23(33)13-2-3-13)8-15(16)17(10-28-20)22-30-19-5-4-14(11-32(19)31-22)24(34)6-1-7-35-12-24/h4-5,8-11,13,21,34H,1-3,6-7,12H2,(H,27,29,33)/t24-/m0/s1. The summed E-state index contributed by atoms with van der Waals surface area (Å²) in [6.45, 7) is 0.816. The predicted octanol–water partition coefficient (Wildman–Crippen LogP) is 3.62. The molecule has 1 atom stereocenters. The average molecular weight is 480 g/mol. The molecule has 0 spiro atoms. The van der Waals surface area contributed by atoms with Gasteiger partial charge in [-0.25, -0.2) is 23.3 Å². The molecule has 1 saturated carbocycles. The number of hydrogen-bond donors (Lipinski definition) is 2. The molecule has 2 fully saturated rings. The first-order valence-electron chi connectivity index (χ1n) is 11.5. The minimum Gasteiger partial charge on any atom is -0.383 e. The lowest BCUT2D eigenvalue weighted by atomic mass is 9.90. The Balaban J connectivity index is 1.44. The maximum atomic E-state index is 13.7. The van der Waals surface area contributed by atoms with E-state index in [4.69, 9.17) is 4.74 Å². The highest BCUT2D eigenvalue weighted by Crippen LogP contribution is 2.35. The van der Waals surface area contributed by atoms with E-state index in [1.165, 1.54) is 12.4 Å². The number of hydrogen-bond acceptors (Lipinski definition) is 7. The van der Waals surface area contributed by atoms with E-state index >= 15 is 0 Å². The van der Waals surface area contributed by atoms with Gasteiger partial charge in [0, 0.05) is 53.0 Å². The van der Waals surface area contributed by atoms with Gasteiger partial charge in [0.25, 0.3) is 6.43 Å². The zero-order chi connectivity index (χ0) is 24.2. The lowest BCUT2D eigenvalue weighted by molar-refractivity contribution is -0.117. The quantitative estimate of drug-likeness (QED) is 0.448. The number of halogens is 2. The maximum Gasteiger partial charge on any atom is 0.281 e. The number of aromatic nitrogens is 5. The second-order valence-electron chi connectivity index (χ2n) is 9.08. The third kappa shape index (κ3) is 4.00. The third-order valence-electron chi connectivity index (χ3n) is 6.54. The van der Waals surface area contributed by atoms with Crippen LogP contribution in [-0.2, 0) is 15.1 Å². The van der Waals surface area contributed by atoms with E-state index < -0.39 is 17.7 Å². The molecule has 2 aliphatic rings. The molecule has 0 bridgehead atoms. The summed E-state index contributed by atoms with van der Waals surface area (Å²) in [6, 6.07) is 5.08. The van der Waals surface area contributed by atoms with Gasteiger partial charge in [-0.1, -0.05) is 6.07 Å². The van der Waals surface area contributed by atoms with Crippen molar-refractivity contribution in [3.05, 3.63) is 48.0 Å². The normalized spacial score (nSPS) is 20.6. The van der Waals surface area contributed by atoms with E-state index in [0.29, 0.717) is 35.2 Å². The predicted molar refractivity (Wildman–Crippen MR) is 122 cm³/mol. The van der Waals surface area contributed by atoms with E-state index in [2.05, 4.69) is 25.4 Å². The van der Waals surface area contributed by atoms with Crippen LogP contribution in [-0.4, -0.2) is 48.8 Å². The molecule has 0 unspecified atom stereocenters. The zero-order valence-corrected chi connectivity index (χ0v) is 18.6.